The highest BCUT2D eigenvalue weighted by Crippen LogP contribution is 2.17. The van der Waals surface area contributed by atoms with Crippen LogP contribution in [0.2, 0.25) is 0 Å². The molecule has 1 heterocycles. The Hall–Kier alpha value is -0.940. The normalized spacial score (nSPS) is 13.3. The SMILES string of the molecule is Cc1ncc(CN(C)C(CC(C)C)C(=O)O)s1. The molecule has 1 unspecified atom stereocenters. The zero-order chi connectivity index (χ0) is 13.0. The van der Waals surface area contributed by atoms with Crippen LogP contribution in [0.5, 0.6) is 0 Å². The summed E-state index contributed by atoms with van der Waals surface area (Å²) in [5.74, 6) is -0.371. The molecule has 5 heteroatoms. The summed E-state index contributed by atoms with van der Waals surface area (Å²) in [5, 5.41) is 10.2. The predicted molar refractivity (Wildman–Crippen MR) is 69.2 cm³/mol. The van der Waals surface area contributed by atoms with Crippen molar-refractivity contribution in [2.75, 3.05) is 7.05 Å². The molecule has 0 spiro atoms. The maximum Gasteiger partial charge on any atom is 0.320 e. The van der Waals surface area contributed by atoms with Gasteiger partial charge in [-0.1, -0.05) is 13.8 Å². The summed E-state index contributed by atoms with van der Waals surface area (Å²) < 4.78 is 0. The van der Waals surface area contributed by atoms with E-state index in [1.165, 1.54) is 0 Å². The minimum atomic E-state index is -0.748. The molecule has 1 N–H and O–H groups in total. The molecule has 0 amide bonds. The van der Waals surface area contributed by atoms with E-state index >= 15 is 0 Å². The molecule has 1 aromatic rings. The Balaban J connectivity index is 2.65. The molecule has 0 aliphatic heterocycles. The molecule has 96 valence electrons. The van der Waals surface area contributed by atoms with Crippen LogP contribution in [0.3, 0.4) is 0 Å². The number of aryl methyl sites for hydroxylation is 1. The molecule has 4 nitrogen and oxygen atoms in total. The third kappa shape index (κ3) is 4.44. The van der Waals surface area contributed by atoms with Gasteiger partial charge in [0.05, 0.1) is 5.01 Å². The standard InChI is InChI=1S/C12H20N2O2S/c1-8(2)5-11(12(15)16)14(4)7-10-6-13-9(3)17-10/h6,8,11H,5,7H2,1-4H3,(H,15,16). The fourth-order valence-corrected chi connectivity index (χ4v) is 2.61. The highest BCUT2D eigenvalue weighted by atomic mass is 32.1. The molecule has 0 aliphatic rings. The van der Waals surface area contributed by atoms with Gasteiger partial charge < -0.3 is 5.11 Å². The van der Waals surface area contributed by atoms with E-state index in [0.717, 1.165) is 9.88 Å². The molecule has 1 rings (SSSR count). The number of aliphatic carboxylic acids is 1. The molecule has 0 saturated heterocycles. The lowest BCUT2D eigenvalue weighted by molar-refractivity contribution is -0.143. The van der Waals surface area contributed by atoms with Crippen LogP contribution in [-0.2, 0) is 11.3 Å². The van der Waals surface area contributed by atoms with Crippen LogP contribution in [0.25, 0.3) is 0 Å². The van der Waals surface area contributed by atoms with Crippen LogP contribution < -0.4 is 0 Å². The monoisotopic (exact) mass is 256 g/mol. The van der Waals surface area contributed by atoms with Gasteiger partial charge in [-0.3, -0.25) is 9.69 Å². The Labute approximate surface area is 106 Å². The number of thiazole rings is 1. The van der Waals surface area contributed by atoms with Crippen LogP contribution in [0.15, 0.2) is 6.20 Å². The summed E-state index contributed by atoms with van der Waals surface area (Å²) >= 11 is 1.62. The van der Waals surface area contributed by atoms with Crippen molar-refractivity contribution in [1.29, 1.82) is 0 Å². The van der Waals surface area contributed by atoms with Crippen molar-refractivity contribution in [3.63, 3.8) is 0 Å². The maximum absolute atomic E-state index is 11.2. The van der Waals surface area contributed by atoms with Gasteiger partial charge in [0.1, 0.15) is 6.04 Å². The summed E-state index contributed by atoms with van der Waals surface area (Å²) in [6.45, 7) is 6.69. The van der Waals surface area contributed by atoms with Gasteiger partial charge in [0.15, 0.2) is 0 Å². The zero-order valence-corrected chi connectivity index (χ0v) is 11.6. The van der Waals surface area contributed by atoms with Gasteiger partial charge in [0, 0.05) is 17.6 Å². The van der Waals surface area contributed by atoms with Crippen molar-refractivity contribution in [3.05, 3.63) is 16.1 Å². The van der Waals surface area contributed by atoms with Crippen molar-refractivity contribution in [2.24, 2.45) is 5.92 Å². The van der Waals surface area contributed by atoms with Crippen LogP contribution in [0, 0.1) is 12.8 Å². The average molecular weight is 256 g/mol. The number of carboxylic acid groups (broad SMARTS) is 1. The third-order valence-corrected chi connectivity index (χ3v) is 3.48. The minimum Gasteiger partial charge on any atom is -0.480 e. The predicted octanol–water partition coefficient (Wildman–Crippen LogP) is 2.38. The van der Waals surface area contributed by atoms with E-state index < -0.39 is 12.0 Å². The summed E-state index contributed by atoms with van der Waals surface area (Å²) in [5.41, 5.74) is 0. The number of likely N-dealkylation sites (N-methyl/N-ethyl adjacent to an activating group) is 1. The van der Waals surface area contributed by atoms with E-state index in [4.69, 9.17) is 0 Å². The first-order valence-corrected chi connectivity index (χ1v) is 6.56. The largest absolute Gasteiger partial charge is 0.480 e. The van der Waals surface area contributed by atoms with Crippen molar-refractivity contribution < 1.29 is 9.90 Å². The number of carboxylic acids is 1. The molecular weight excluding hydrogens is 236 g/mol. The maximum atomic E-state index is 11.2. The molecule has 1 aromatic heterocycles. The van der Waals surface area contributed by atoms with Gasteiger partial charge >= 0.3 is 5.97 Å². The third-order valence-electron chi connectivity index (χ3n) is 2.59. The second kappa shape index (κ2) is 6.12. The number of hydrogen-bond acceptors (Lipinski definition) is 4. The molecule has 0 saturated carbocycles. The molecule has 17 heavy (non-hydrogen) atoms. The first-order valence-electron chi connectivity index (χ1n) is 5.74. The number of hydrogen-bond donors (Lipinski definition) is 1. The van der Waals surface area contributed by atoms with Gasteiger partial charge in [-0.25, -0.2) is 4.98 Å². The van der Waals surface area contributed by atoms with Gasteiger partial charge in [-0.15, -0.1) is 11.3 Å². The molecule has 1 atom stereocenters. The van der Waals surface area contributed by atoms with Gasteiger partial charge in [-0.05, 0) is 26.3 Å². The van der Waals surface area contributed by atoms with Crippen LogP contribution >= 0.6 is 11.3 Å². The Morgan fingerprint density at radius 1 is 1.59 bits per heavy atom. The van der Waals surface area contributed by atoms with Crippen molar-refractivity contribution in [3.8, 4) is 0 Å². The fraction of sp³-hybridized carbons (Fsp3) is 0.667. The lowest BCUT2D eigenvalue weighted by Gasteiger charge is -2.25. The van der Waals surface area contributed by atoms with Gasteiger partial charge in [0.2, 0.25) is 0 Å². The summed E-state index contributed by atoms with van der Waals surface area (Å²) in [7, 11) is 1.86. The summed E-state index contributed by atoms with van der Waals surface area (Å²) in [4.78, 5) is 18.4. The van der Waals surface area contributed by atoms with Crippen molar-refractivity contribution in [1.82, 2.24) is 9.88 Å². The molecular formula is C12H20N2O2S. The van der Waals surface area contributed by atoms with E-state index in [2.05, 4.69) is 4.98 Å². The van der Waals surface area contributed by atoms with Crippen LogP contribution in [0.4, 0.5) is 0 Å². The summed E-state index contributed by atoms with van der Waals surface area (Å²) in [6, 6.07) is -0.419. The van der Waals surface area contributed by atoms with E-state index in [1.807, 2.05) is 38.9 Å². The van der Waals surface area contributed by atoms with E-state index in [9.17, 15) is 9.90 Å². The molecule has 0 radical (unpaired) electrons. The number of rotatable bonds is 6. The topological polar surface area (TPSA) is 53.4 Å². The van der Waals surface area contributed by atoms with Gasteiger partial charge in [-0.2, -0.15) is 0 Å². The number of nitrogens with zero attached hydrogens (tertiary/aromatic N) is 2. The van der Waals surface area contributed by atoms with Crippen molar-refractivity contribution >= 4 is 17.3 Å². The Morgan fingerprint density at radius 2 is 2.24 bits per heavy atom. The smallest absolute Gasteiger partial charge is 0.320 e. The lowest BCUT2D eigenvalue weighted by Crippen LogP contribution is -2.38. The van der Waals surface area contributed by atoms with E-state index in [0.29, 0.717) is 18.9 Å². The Morgan fingerprint density at radius 3 is 2.65 bits per heavy atom. The second-order valence-electron chi connectivity index (χ2n) is 4.74. The number of carbonyl (C=O) groups is 1. The first kappa shape index (κ1) is 14.1. The quantitative estimate of drug-likeness (QED) is 0.849. The highest BCUT2D eigenvalue weighted by Gasteiger charge is 2.23. The average Bonchev–Trinajstić information content (AvgIpc) is 2.59. The van der Waals surface area contributed by atoms with Crippen molar-refractivity contribution in [2.45, 2.75) is 39.8 Å². The van der Waals surface area contributed by atoms with E-state index in [-0.39, 0.29) is 0 Å². The fourth-order valence-electron chi connectivity index (χ4n) is 1.75. The van der Waals surface area contributed by atoms with E-state index in [1.54, 1.807) is 11.3 Å². The highest BCUT2D eigenvalue weighted by molar-refractivity contribution is 7.11. The molecule has 0 fully saturated rings. The Bertz CT molecular complexity index is 376. The molecule has 0 aliphatic carbocycles. The first-order chi connectivity index (χ1) is 7.90. The minimum absolute atomic E-state index is 0.377. The zero-order valence-electron chi connectivity index (χ0n) is 10.8. The number of aromatic nitrogens is 1. The van der Waals surface area contributed by atoms with Crippen LogP contribution in [-0.4, -0.2) is 34.0 Å². The molecule has 0 aromatic carbocycles. The Kier molecular flexibility index (Phi) is 5.08. The second-order valence-corrected chi connectivity index (χ2v) is 6.06. The summed E-state index contributed by atoms with van der Waals surface area (Å²) in [6.07, 6.45) is 2.49. The lowest BCUT2D eigenvalue weighted by atomic mass is 10.0. The van der Waals surface area contributed by atoms with Gasteiger partial charge in [0.25, 0.3) is 0 Å². The molecule has 0 bridgehead atoms. The van der Waals surface area contributed by atoms with Crippen LogP contribution in [0.1, 0.15) is 30.2 Å².